The number of aryl methyl sites for hydroxylation is 3. The quantitative estimate of drug-likeness (QED) is 0.840. The zero-order valence-electron chi connectivity index (χ0n) is 15.3. The van der Waals surface area contributed by atoms with E-state index in [0.29, 0.717) is 0 Å². The summed E-state index contributed by atoms with van der Waals surface area (Å²) in [5, 5.41) is 0. The van der Waals surface area contributed by atoms with Gasteiger partial charge in [0.15, 0.2) is 0 Å². The second kappa shape index (κ2) is 7.97. The number of nitrogens with zero attached hydrogens (tertiary/aromatic N) is 1. The first-order valence-corrected chi connectivity index (χ1v) is 9.70. The molecule has 0 aliphatic heterocycles. The monoisotopic (exact) mass is 378 g/mol. The molecule has 0 radical (unpaired) electrons. The number of nitrogens with one attached hydrogen (secondary N) is 1. The first-order valence-electron chi connectivity index (χ1n) is 8.22. The SMILES string of the molecule is CC(=O)N(CCNS(=O)(=O)c1ccc(F)c(C)c1)c1cc(C)cc(C)c1. The van der Waals surface area contributed by atoms with Crippen molar-refractivity contribution in [2.75, 3.05) is 18.0 Å². The Kier molecular flexibility index (Phi) is 6.15. The lowest BCUT2D eigenvalue weighted by Crippen LogP contribution is -2.37. The fraction of sp³-hybridized carbons (Fsp3) is 0.316. The summed E-state index contributed by atoms with van der Waals surface area (Å²) in [6.07, 6.45) is 0. The van der Waals surface area contributed by atoms with Gasteiger partial charge in [-0.3, -0.25) is 4.79 Å². The normalized spacial score (nSPS) is 11.4. The molecule has 26 heavy (non-hydrogen) atoms. The van der Waals surface area contributed by atoms with Gasteiger partial charge in [-0.2, -0.15) is 0 Å². The highest BCUT2D eigenvalue weighted by atomic mass is 32.2. The number of halogens is 1. The van der Waals surface area contributed by atoms with E-state index < -0.39 is 15.8 Å². The van der Waals surface area contributed by atoms with Crippen LogP contribution >= 0.6 is 0 Å². The molecule has 2 aromatic carbocycles. The second-order valence-corrected chi connectivity index (χ2v) is 8.09. The minimum absolute atomic E-state index is 0.00262. The van der Waals surface area contributed by atoms with Crippen molar-refractivity contribution in [2.45, 2.75) is 32.6 Å². The molecule has 0 aromatic heterocycles. The van der Waals surface area contributed by atoms with Gasteiger partial charge in [-0.15, -0.1) is 0 Å². The van der Waals surface area contributed by atoms with Gasteiger partial charge >= 0.3 is 0 Å². The van der Waals surface area contributed by atoms with E-state index in [2.05, 4.69) is 4.72 Å². The van der Waals surface area contributed by atoms with E-state index in [1.165, 1.54) is 30.9 Å². The molecule has 0 fully saturated rings. The molecule has 2 aromatic rings. The van der Waals surface area contributed by atoms with Gasteiger partial charge in [0.2, 0.25) is 15.9 Å². The van der Waals surface area contributed by atoms with E-state index >= 15 is 0 Å². The molecule has 0 atom stereocenters. The number of rotatable bonds is 6. The number of anilines is 1. The highest BCUT2D eigenvalue weighted by Crippen LogP contribution is 2.19. The van der Waals surface area contributed by atoms with Crippen LogP contribution in [0.4, 0.5) is 10.1 Å². The van der Waals surface area contributed by atoms with Crippen molar-refractivity contribution in [1.82, 2.24) is 4.72 Å². The maximum Gasteiger partial charge on any atom is 0.240 e. The Labute approximate surface area is 153 Å². The van der Waals surface area contributed by atoms with Gasteiger partial charge in [-0.25, -0.2) is 17.5 Å². The van der Waals surface area contributed by atoms with Crippen LogP contribution in [0, 0.1) is 26.6 Å². The molecule has 0 saturated heterocycles. The molecule has 0 aliphatic carbocycles. The Morgan fingerprint density at radius 2 is 1.69 bits per heavy atom. The average Bonchev–Trinajstić information content (AvgIpc) is 2.52. The molecule has 0 unspecified atom stereocenters. The summed E-state index contributed by atoms with van der Waals surface area (Å²) in [5.74, 6) is -0.631. The zero-order valence-corrected chi connectivity index (χ0v) is 16.2. The number of hydrogen-bond donors (Lipinski definition) is 1. The number of carbonyl (C=O) groups excluding carboxylic acids is 1. The van der Waals surface area contributed by atoms with Gasteiger partial charge in [0, 0.05) is 25.7 Å². The first-order chi connectivity index (χ1) is 12.1. The molecule has 0 aliphatic rings. The fourth-order valence-corrected chi connectivity index (χ4v) is 3.84. The van der Waals surface area contributed by atoms with Crippen molar-refractivity contribution < 1.29 is 17.6 Å². The van der Waals surface area contributed by atoms with E-state index in [4.69, 9.17) is 0 Å². The summed E-state index contributed by atoms with van der Waals surface area (Å²) in [4.78, 5) is 13.5. The lowest BCUT2D eigenvalue weighted by Gasteiger charge is -2.22. The Balaban J connectivity index is 2.12. The summed E-state index contributed by atoms with van der Waals surface area (Å²) in [5.41, 5.74) is 3.03. The minimum atomic E-state index is -3.77. The summed E-state index contributed by atoms with van der Waals surface area (Å²) in [6, 6.07) is 9.39. The lowest BCUT2D eigenvalue weighted by molar-refractivity contribution is -0.116. The van der Waals surface area contributed by atoms with Gasteiger partial charge in [-0.05, 0) is 67.8 Å². The van der Waals surface area contributed by atoms with E-state index in [1.54, 1.807) is 0 Å². The number of hydrogen-bond acceptors (Lipinski definition) is 3. The topological polar surface area (TPSA) is 66.5 Å². The molecule has 140 valence electrons. The number of sulfonamides is 1. The van der Waals surface area contributed by atoms with Crippen molar-refractivity contribution in [3.8, 4) is 0 Å². The van der Waals surface area contributed by atoms with E-state index in [0.717, 1.165) is 22.9 Å². The first kappa shape index (κ1) is 20.1. The van der Waals surface area contributed by atoms with Crippen LogP contribution in [0.1, 0.15) is 23.6 Å². The largest absolute Gasteiger partial charge is 0.311 e. The van der Waals surface area contributed by atoms with Gasteiger partial charge < -0.3 is 4.90 Å². The van der Waals surface area contributed by atoms with E-state index in [1.807, 2.05) is 32.0 Å². The highest BCUT2D eigenvalue weighted by Gasteiger charge is 2.17. The molecule has 5 nitrogen and oxygen atoms in total. The second-order valence-electron chi connectivity index (χ2n) is 6.33. The zero-order chi connectivity index (χ0) is 19.5. The Morgan fingerprint density at radius 3 is 2.23 bits per heavy atom. The summed E-state index contributed by atoms with van der Waals surface area (Å²) < 4.78 is 40.5. The molecule has 0 saturated carbocycles. The Morgan fingerprint density at radius 1 is 1.08 bits per heavy atom. The van der Waals surface area contributed by atoms with Gasteiger partial charge in [0.05, 0.1) is 4.90 Å². The van der Waals surface area contributed by atoms with Crippen LogP contribution < -0.4 is 9.62 Å². The minimum Gasteiger partial charge on any atom is -0.311 e. The van der Waals surface area contributed by atoms with E-state index in [-0.39, 0.29) is 29.5 Å². The Bertz CT molecular complexity index is 906. The summed E-state index contributed by atoms with van der Waals surface area (Å²) >= 11 is 0. The standard InChI is InChI=1S/C19H23FN2O3S/c1-13-9-14(2)11-17(10-13)22(16(4)23)8-7-21-26(24,25)18-5-6-19(20)15(3)12-18/h5-6,9-12,21H,7-8H2,1-4H3. The maximum atomic E-state index is 13.3. The highest BCUT2D eigenvalue weighted by molar-refractivity contribution is 7.89. The molecule has 1 N–H and O–H groups in total. The summed E-state index contributed by atoms with van der Waals surface area (Å²) in [6.45, 7) is 7.06. The lowest BCUT2D eigenvalue weighted by atomic mass is 10.1. The van der Waals surface area contributed by atoms with Crippen LogP contribution in [0.3, 0.4) is 0 Å². The van der Waals surface area contributed by atoms with Gasteiger partial charge in [-0.1, -0.05) is 6.07 Å². The third kappa shape index (κ3) is 4.89. The van der Waals surface area contributed by atoms with Crippen molar-refractivity contribution in [1.29, 1.82) is 0 Å². The molecule has 0 heterocycles. The molecular weight excluding hydrogens is 355 g/mol. The third-order valence-corrected chi connectivity index (χ3v) is 5.42. The number of carbonyl (C=O) groups is 1. The number of amides is 1. The van der Waals surface area contributed by atoms with Crippen LogP contribution in [0.15, 0.2) is 41.3 Å². The van der Waals surface area contributed by atoms with Crippen LogP contribution in [0.5, 0.6) is 0 Å². The maximum absolute atomic E-state index is 13.3. The van der Waals surface area contributed by atoms with Crippen LogP contribution in [0.25, 0.3) is 0 Å². The molecule has 7 heteroatoms. The number of benzene rings is 2. The van der Waals surface area contributed by atoms with Gasteiger partial charge in [0.25, 0.3) is 0 Å². The predicted molar refractivity (Wildman–Crippen MR) is 100 cm³/mol. The van der Waals surface area contributed by atoms with Crippen LogP contribution in [-0.2, 0) is 14.8 Å². The van der Waals surface area contributed by atoms with Crippen molar-refractivity contribution in [3.63, 3.8) is 0 Å². The van der Waals surface area contributed by atoms with Crippen molar-refractivity contribution >= 4 is 21.6 Å². The van der Waals surface area contributed by atoms with Crippen molar-refractivity contribution in [3.05, 3.63) is 58.9 Å². The molecule has 2 rings (SSSR count). The molecule has 0 bridgehead atoms. The third-order valence-electron chi connectivity index (χ3n) is 3.97. The molecule has 1 amide bonds. The molecule has 0 spiro atoms. The predicted octanol–water partition coefficient (Wildman–Crippen LogP) is 3.08. The van der Waals surface area contributed by atoms with E-state index in [9.17, 15) is 17.6 Å². The Hall–Kier alpha value is -2.25. The van der Waals surface area contributed by atoms with Crippen LogP contribution in [0.2, 0.25) is 0 Å². The summed E-state index contributed by atoms with van der Waals surface area (Å²) in [7, 11) is -3.77. The average molecular weight is 378 g/mol. The van der Waals surface area contributed by atoms with Gasteiger partial charge in [0.1, 0.15) is 5.82 Å². The molecular formula is C19H23FN2O3S. The van der Waals surface area contributed by atoms with Crippen molar-refractivity contribution in [2.24, 2.45) is 0 Å². The van der Waals surface area contributed by atoms with Crippen LogP contribution in [-0.4, -0.2) is 27.4 Å². The smallest absolute Gasteiger partial charge is 0.240 e. The fourth-order valence-electron chi connectivity index (χ4n) is 2.73.